The van der Waals surface area contributed by atoms with E-state index in [1.165, 1.54) is 0 Å². The Bertz CT molecular complexity index is 892. The monoisotopic (exact) mass is 325 g/mol. The van der Waals surface area contributed by atoms with Gasteiger partial charge in [0.25, 0.3) is 0 Å². The minimum absolute atomic E-state index is 0.0176. The van der Waals surface area contributed by atoms with E-state index >= 15 is 0 Å². The molecule has 1 aromatic heterocycles. The number of hydrogen-bond donors (Lipinski definition) is 1. The van der Waals surface area contributed by atoms with Crippen LogP contribution in [-0.2, 0) is 14.9 Å². The van der Waals surface area contributed by atoms with E-state index in [1.807, 2.05) is 51.1 Å². The zero-order chi connectivity index (χ0) is 16.7. The van der Waals surface area contributed by atoms with Crippen molar-refractivity contribution in [3.8, 4) is 17.0 Å². The normalized spacial score (nSPS) is 38.7. The molecule has 0 aliphatic carbocycles. The van der Waals surface area contributed by atoms with Gasteiger partial charge in [-0.15, -0.1) is 0 Å². The number of H-pyrrole nitrogens is 1. The van der Waals surface area contributed by atoms with Gasteiger partial charge < -0.3 is 19.2 Å². The van der Waals surface area contributed by atoms with Crippen molar-refractivity contribution in [3.63, 3.8) is 0 Å². The number of ether oxygens (including phenoxy) is 3. The molecule has 2 aromatic rings. The zero-order valence-corrected chi connectivity index (χ0v) is 13.8. The van der Waals surface area contributed by atoms with Crippen LogP contribution in [0.4, 0.5) is 0 Å². The molecule has 5 nitrogen and oxygen atoms in total. The SMILES string of the molecule is C[C@H]1O[C@H]2O[C@]1(C)[C@H]1Oc3[nH]cc(-c4ccccc4)c(=O)c3[C@@]21C. The van der Waals surface area contributed by atoms with Gasteiger partial charge in [-0.2, -0.15) is 0 Å². The van der Waals surface area contributed by atoms with Gasteiger partial charge in [0.2, 0.25) is 0 Å². The predicted molar refractivity (Wildman–Crippen MR) is 88.1 cm³/mol. The highest BCUT2D eigenvalue weighted by atomic mass is 16.8. The molecule has 2 fully saturated rings. The first-order valence-corrected chi connectivity index (χ1v) is 8.28. The number of hydrogen-bond acceptors (Lipinski definition) is 4. The molecule has 24 heavy (non-hydrogen) atoms. The summed E-state index contributed by atoms with van der Waals surface area (Å²) in [7, 11) is 0. The second kappa shape index (κ2) is 4.29. The van der Waals surface area contributed by atoms with Crippen LogP contribution >= 0.6 is 0 Å². The van der Waals surface area contributed by atoms with E-state index in [-0.39, 0.29) is 17.6 Å². The number of nitrogens with one attached hydrogen (secondary N) is 1. The molecule has 1 aromatic carbocycles. The van der Waals surface area contributed by atoms with Crippen molar-refractivity contribution in [2.75, 3.05) is 0 Å². The molecule has 2 bridgehead atoms. The number of rotatable bonds is 1. The van der Waals surface area contributed by atoms with Crippen LogP contribution in [0, 0.1) is 0 Å². The molecular formula is C19H19NO4. The summed E-state index contributed by atoms with van der Waals surface area (Å²) >= 11 is 0. The number of aromatic amines is 1. The van der Waals surface area contributed by atoms with Crippen LogP contribution in [0.2, 0.25) is 0 Å². The fourth-order valence-corrected chi connectivity index (χ4v) is 4.47. The minimum atomic E-state index is -0.602. The number of pyridine rings is 1. The van der Waals surface area contributed by atoms with E-state index in [0.717, 1.165) is 5.56 Å². The summed E-state index contributed by atoms with van der Waals surface area (Å²) in [6, 6.07) is 9.66. The summed E-state index contributed by atoms with van der Waals surface area (Å²) in [6.07, 6.45) is 0.967. The molecule has 0 radical (unpaired) electrons. The fraction of sp³-hybridized carbons (Fsp3) is 0.421. The van der Waals surface area contributed by atoms with E-state index in [4.69, 9.17) is 14.2 Å². The van der Waals surface area contributed by atoms with Crippen molar-refractivity contribution in [3.05, 3.63) is 52.3 Å². The van der Waals surface area contributed by atoms with Crippen LogP contribution in [0.5, 0.6) is 5.88 Å². The van der Waals surface area contributed by atoms with Crippen molar-refractivity contribution in [2.45, 2.75) is 50.3 Å². The average Bonchev–Trinajstić information content (AvgIpc) is 3.12. The van der Waals surface area contributed by atoms with Crippen LogP contribution in [-0.4, -0.2) is 29.1 Å². The van der Waals surface area contributed by atoms with Gasteiger partial charge in [0, 0.05) is 11.8 Å². The van der Waals surface area contributed by atoms with Crippen LogP contribution in [0.15, 0.2) is 41.3 Å². The maximum Gasteiger partial charge on any atom is 0.199 e. The fourth-order valence-electron chi connectivity index (χ4n) is 4.47. The quantitative estimate of drug-likeness (QED) is 0.875. The Labute approximate surface area is 139 Å². The molecule has 0 spiro atoms. The standard InChI is InChI=1S/C19H19NO4/c1-10-19(3)16-18(2,17(22-10)24-19)13-14(21)12(9-20-15(13)23-16)11-7-5-4-6-8-11/h4-10,16-17H,1-3H3,(H,20,21)/t10-,16+,17+,18-,19+/m1/s1. The summed E-state index contributed by atoms with van der Waals surface area (Å²) < 4.78 is 18.2. The Balaban J connectivity index is 1.72. The first kappa shape index (κ1) is 14.3. The van der Waals surface area contributed by atoms with Gasteiger partial charge in [-0.25, -0.2) is 0 Å². The Hall–Kier alpha value is -2.11. The second-order valence-corrected chi connectivity index (χ2v) is 7.29. The summed E-state index contributed by atoms with van der Waals surface area (Å²) in [4.78, 5) is 16.4. The molecule has 0 saturated carbocycles. The Morgan fingerprint density at radius 1 is 1.17 bits per heavy atom. The Morgan fingerprint density at radius 2 is 1.92 bits per heavy atom. The highest BCUT2D eigenvalue weighted by molar-refractivity contribution is 5.65. The third kappa shape index (κ3) is 1.45. The first-order valence-electron chi connectivity index (χ1n) is 8.28. The topological polar surface area (TPSA) is 60.6 Å². The van der Waals surface area contributed by atoms with Crippen LogP contribution in [0.25, 0.3) is 11.1 Å². The highest BCUT2D eigenvalue weighted by Gasteiger charge is 2.73. The third-order valence-corrected chi connectivity index (χ3v) is 5.96. The van der Waals surface area contributed by atoms with E-state index in [0.29, 0.717) is 17.0 Å². The Kier molecular flexibility index (Phi) is 2.55. The van der Waals surface area contributed by atoms with E-state index in [1.54, 1.807) is 6.20 Å². The molecule has 5 heteroatoms. The third-order valence-electron chi connectivity index (χ3n) is 5.96. The molecule has 1 N–H and O–H groups in total. The minimum Gasteiger partial charge on any atom is -0.471 e. The van der Waals surface area contributed by atoms with Crippen molar-refractivity contribution < 1.29 is 14.2 Å². The van der Waals surface area contributed by atoms with Crippen LogP contribution in [0.3, 0.4) is 0 Å². The van der Waals surface area contributed by atoms with Crippen molar-refractivity contribution in [1.82, 2.24) is 4.98 Å². The molecule has 4 heterocycles. The molecule has 3 aliphatic heterocycles. The first-order chi connectivity index (χ1) is 11.5. The van der Waals surface area contributed by atoms with Crippen molar-refractivity contribution in [2.24, 2.45) is 0 Å². The predicted octanol–water partition coefficient (Wildman–Crippen LogP) is 2.59. The number of fused-ring (bicyclic) bond motifs is 7. The van der Waals surface area contributed by atoms with E-state index < -0.39 is 17.3 Å². The lowest BCUT2D eigenvalue weighted by Crippen LogP contribution is -2.57. The molecule has 124 valence electrons. The molecule has 2 saturated heterocycles. The molecule has 3 aliphatic rings. The molecule has 0 amide bonds. The lowest BCUT2D eigenvalue weighted by molar-refractivity contribution is -0.0924. The molecular weight excluding hydrogens is 306 g/mol. The van der Waals surface area contributed by atoms with Crippen molar-refractivity contribution in [1.29, 1.82) is 0 Å². The Morgan fingerprint density at radius 3 is 2.67 bits per heavy atom. The van der Waals surface area contributed by atoms with E-state index in [9.17, 15) is 4.79 Å². The maximum atomic E-state index is 13.3. The lowest BCUT2D eigenvalue weighted by Gasteiger charge is -2.37. The van der Waals surface area contributed by atoms with Gasteiger partial charge in [0.05, 0.1) is 17.1 Å². The van der Waals surface area contributed by atoms with Gasteiger partial charge >= 0.3 is 0 Å². The van der Waals surface area contributed by atoms with Gasteiger partial charge in [0.1, 0.15) is 11.7 Å². The van der Waals surface area contributed by atoms with Gasteiger partial charge in [-0.05, 0) is 26.3 Å². The van der Waals surface area contributed by atoms with Gasteiger partial charge in [-0.3, -0.25) is 4.79 Å². The molecule has 5 atom stereocenters. The lowest BCUT2D eigenvalue weighted by atomic mass is 9.72. The summed E-state index contributed by atoms with van der Waals surface area (Å²) in [5, 5.41) is 0. The number of aromatic nitrogens is 1. The van der Waals surface area contributed by atoms with E-state index in [2.05, 4.69) is 4.98 Å². The summed E-state index contributed by atoms with van der Waals surface area (Å²) in [5.74, 6) is 0.546. The van der Waals surface area contributed by atoms with Gasteiger partial charge in [-0.1, -0.05) is 30.3 Å². The molecule has 5 rings (SSSR count). The maximum absolute atomic E-state index is 13.3. The molecule has 0 unspecified atom stereocenters. The highest BCUT2D eigenvalue weighted by Crippen LogP contribution is 2.59. The summed E-state index contributed by atoms with van der Waals surface area (Å²) in [6.45, 7) is 6.00. The van der Waals surface area contributed by atoms with Gasteiger partial charge in [0.15, 0.2) is 17.6 Å². The summed E-state index contributed by atoms with van der Waals surface area (Å²) in [5.41, 5.74) is 0.991. The van der Waals surface area contributed by atoms with Crippen molar-refractivity contribution >= 4 is 0 Å². The largest absolute Gasteiger partial charge is 0.471 e. The van der Waals surface area contributed by atoms with Crippen LogP contribution in [0.1, 0.15) is 26.3 Å². The average molecular weight is 325 g/mol. The second-order valence-electron chi connectivity index (χ2n) is 7.29. The van der Waals surface area contributed by atoms with Crippen LogP contribution < -0.4 is 10.2 Å². The smallest absolute Gasteiger partial charge is 0.199 e. The number of benzene rings is 1. The zero-order valence-electron chi connectivity index (χ0n) is 13.8.